The molecule has 0 spiro atoms. The summed E-state index contributed by atoms with van der Waals surface area (Å²) < 4.78 is 16.4. The zero-order valence-corrected chi connectivity index (χ0v) is 17.3. The minimum atomic E-state index is 0.270. The van der Waals surface area contributed by atoms with Crippen LogP contribution in [0.15, 0.2) is 55.1 Å². The van der Waals surface area contributed by atoms with Gasteiger partial charge in [0.05, 0.1) is 42.2 Å². The molecule has 0 unspecified atom stereocenters. The second-order valence-electron chi connectivity index (χ2n) is 6.50. The third-order valence-corrected chi connectivity index (χ3v) is 4.71. The van der Waals surface area contributed by atoms with E-state index in [0.717, 1.165) is 27.9 Å². The van der Waals surface area contributed by atoms with E-state index in [-0.39, 0.29) is 6.61 Å². The lowest BCUT2D eigenvalue weighted by Gasteiger charge is -2.12. The van der Waals surface area contributed by atoms with Gasteiger partial charge in [0.15, 0.2) is 5.75 Å². The summed E-state index contributed by atoms with van der Waals surface area (Å²) in [6, 6.07) is 9.32. The number of pyridine rings is 4. The summed E-state index contributed by atoms with van der Waals surface area (Å²) in [5.74, 6) is 1.65. The van der Waals surface area contributed by atoms with E-state index in [1.54, 1.807) is 45.1 Å². The first-order valence-electron chi connectivity index (χ1n) is 9.20. The maximum Gasteiger partial charge on any atom is 0.257 e. The molecule has 4 aromatic heterocycles. The Labute approximate surface area is 178 Å². The van der Waals surface area contributed by atoms with E-state index in [2.05, 4.69) is 19.9 Å². The van der Waals surface area contributed by atoms with Crippen molar-refractivity contribution < 1.29 is 14.2 Å². The van der Waals surface area contributed by atoms with Crippen LogP contribution < -0.4 is 14.2 Å². The van der Waals surface area contributed by atoms with Crippen LogP contribution >= 0.6 is 11.6 Å². The zero-order chi connectivity index (χ0) is 20.9. The lowest BCUT2D eigenvalue weighted by Crippen LogP contribution is -2.03. The van der Waals surface area contributed by atoms with Crippen LogP contribution in [-0.4, -0.2) is 34.2 Å². The van der Waals surface area contributed by atoms with Gasteiger partial charge in [-0.05, 0) is 41.5 Å². The Bertz CT molecular complexity index is 1170. The predicted octanol–water partition coefficient (Wildman–Crippen LogP) is 4.26. The van der Waals surface area contributed by atoms with Gasteiger partial charge >= 0.3 is 0 Å². The summed E-state index contributed by atoms with van der Waals surface area (Å²) in [6.45, 7) is 0.270. The van der Waals surface area contributed by atoms with Gasteiger partial charge < -0.3 is 14.2 Å². The number of rotatable bonds is 7. The van der Waals surface area contributed by atoms with Gasteiger partial charge in [-0.15, -0.1) is 0 Å². The molecule has 0 amide bonds. The topological polar surface area (TPSA) is 79.2 Å². The Morgan fingerprint density at radius 2 is 1.80 bits per heavy atom. The third-order valence-electron chi connectivity index (χ3n) is 4.51. The van der Waals surface area contributed by atoms with Gasteiger partial charge in [0.25, 0.3) is 5.88 Å². The summed E-state index contributed by atoms with van der Waals surface area (Å²) in [6.07, 6.45) is 7.41. The molecule has 0 saturated heterocycles. The van der Waals surface area contributed by atoms with Crippen molar-refractivity contribution in [2.24, 2.45) is 0 Å². The van der Waals surface area contributed by atoms with Crippen molar-refractivity contribution in [2.75, 3.05) is 14.2 Å². The molecule has 0 aromatic carbocycles. The quantitative estimate of drug-likeness (QED) is 0.440. The molecule has 8 heteroatoms. The fourth-order valence-electron chi connectivity index (χ4n) is 3.01. The van der Waals surface area contributed by atoms with Gasteiger partial charge in [-0.2, -0.15) is 0 Å². The minimum Gasteiger partial charge on any atom is -0.495 e. The van der Waals surface area contributed by atoms with E-state index in [1.807, 2.05) is 24.3 Å². The number of fused-ring (bicyclic) bond motifs is 1. The molecule has 0 aliphatic heterocycles. The lowest BCUT2D eigenvalue weighted by molar-refractivity contribution is 0.268. The molecule has 0 atom stereocenters. The zero-order valence-electron chi connectivity index (χ0n) is 16.5. The van der Waals surface area contributed by atoms with E-state index < -0.39 is 0 Å². The van der Waals surface area contributed by atoms with E-state index in [9.17, 15) is 0 Å². The van der Waals surface area contributed by atoms with Gasteiger partial charge in [-0.3, -0.25) is 15.0 Å². The Balaban J connectivity index is 1.52. The van der Waals surface area contributed by atoms with Crippen molar-refractivity contribution in [3.63, 3.8) is 0 Å². The molecule has 0 bridgehead atoms. The standard InChI is InChI=1S/C22H19ClN4O3/c1-28-18-4-3-17(25-12-18)13-30-22-20(29-2)8-14(10-27-22)7-15-5-6-24-19-9-16(23)11-26-21(15)19/h3-6,8-12H,7,13H2,1-2H3. The second-order valence-corrected chi connectivity index (χ2v) is 6.93. The fourth-order valence-corrected chi connectivity index (χ4v) is 3.16. The van der Waals surface area contributed by atoms with Crippen LogP contribution in [0.3, 0.4) is 0 Å². The van der Waals surface area contributed by atoms with Crippen LogP contribution in [0.1, 0.15) is 16.8 Å². The fraction of sp³-hybridized carbons (Fsp3) is 0.182. The summed E-state index contributed by atoms with van der Waals surface area (Å²) >= 11 is 6.02. The Morgan fingerprint density at radius 1 is 0.900 bits per heavy atom. The Morgan fingerprint density at radius 3 is 2.57 bits per heavy atom. The van der Waals surface area contributed by atoms with Crippen molar-refractivity contribution >= 4 is 22.6 Å². The number of methoxy groups -OCH3 is 2. The summed E-state index contributed by atoms with van der Waals surface area (Å²) in [7, 11) is 3.19. The van der Waals surface area contributed by atoms with E-state index in [4.69, 9.17) is 25.8 Å². The van der Waals surface area contributed by atoms with Crippen LogP contribution in [0.2, 0.25) is 5.02 Å². The number of hydrogen-bond acceptors (Lipinski definition) is 7. The maximum absolute atomic E-state index is 6.02. The Hall–Kier alpha value is -3.45. The highest BCUT2D eigenvalue weighted by Crippen LogP contribution is 2.28. The Kier molecular flexibility index (Phi) is 5.90. The second kappa shape index (κ2) is 8.92. The van der Waals surface area contributed by atoms with E-state index in [0.29, 0.717) is 28.8 Å². The molecule has 0 N–H and O–H groups in total. The van der Waals surface area contributed by atoms with Crippen molar-refractivity contribution in [3.8, 4) is 17.4 Å². The van der Waals surface area contributed by atoms with Crippen LogP contribution in [0, 0.1) is 0 Å². The van der Waals surface area contributed by atoms with Gasteiger partial charge in [0, 0.05) is 25.0 Å². The number of aromatic nitrogens is 4. The molecule has 0 aliphatic rings. The van der Waals surface area contributed by atoms with Gasteiger partial charge in [0.1, 0.15) is 12.4 Å². The number of nitrogens with zero attached hydrogens (tertiary/aromatic N) is 4. The maximum atomic E-state index is 6.02. The van der Waals surface area contributed by atoms with Crippen LogP contribution in [0.4, 0.5) is 0 Å². The van der Waals surface area contributed by atoms with Gasteiger partial charge in [-0.1, -0.05) is 11.6 Å². The van der Waals surface area contributed by atoms with Crippen molar-refractivity contribution in [2.45, 2.75) is 13.0 Å². The molecule has 4 aromatic rings. The molecule has 30 heavy (non-hydrogen) atoms. The lowest BCUT2D eigenvalue weighted by atomic mass is 10.1. The number of halogens is 1. The van der Waals surface area contributed by atoms with Crippen molar-refractivity contribution in [1.29, 1.82) is 0 Å². The smallest absolute Gasteiger partial charge is 0.257 e. The van der Waals surface area contributed by atoms with Crippen LogP contribution in [-0.2, 0) is 13.0 Å². The summed E-state index contributed by atoms with van der Waals surface area (Å²) in [4.78, 5) is 17.5. The molecule has 4 rings (SSSR count). The van der Waals surface area contributed by atoms with E-state index >= 15 is 0 Å². The largest absolute Gasteiger partial charge is 0.495 e. The first kappa shape index (κ1) is 19.8. The number of hydrogen-bond donors (Lipinski definition) is 0. The van der Waals surface area contributed by atoms with E-state index in [1.165, 1.54) is 0 Å². The monoisotopic (exact) mass is 422 g/mol. The highest BCUT2D eigenvalue weighted by molar-refractivity contribution is 6.31. The molecule has 0 aliphatic carbocycles. The van der Waals surface area contributed by atoms with Crippen LogP contribution in [0.5, 0.6) is 17.4 Å². The summed E-state index contributed by atoms with van der Waals surface area (Å²) in [5.41, 5.74) is 4.32. The number of ether oxygens (including phenoxy) is 3. The molecule has 4 heterocycles. The van der Waals surface area contributed by atoms with Crippen molar-refractivity contribution in [1.82, 2.24) is 19.9 Å². The molecular formula is C22H19ClN4O3. The SMILES string of the molecule is COc1ccc(COc2ncc(Cc3ccnc4cc(Cl)cnc34)cc2OC)nc1. The highest BCUT2D eigenvalue weighted by atomic mass is 35.5. The average Bonchev–Trinajstić information content (AvgIpc) is 2.78. The normalized spacial score (nSPS) is 10.8. The predicted molar refractivity (Wildman–Crippen MR) is 113 cm³/mol. The minimum absolute atomic E-state index is 0.270. The summed E-state index contributed by atoms with van der Waals surface area (Å²) in [5, 5.41) is 0.559. The molecule has 0 radical (unpaired) electrons. The van der Waals surface area contributed by atoms with Crippen molar-refractivity contribution in [3.05, 3.63) is 77.0 Å². The molecular weight excluding hydrogens is 404 g/mol. The third kappa shape index (κ3) is 4.41. The molecule has 0 saturated carbocycles. The molecule has 0 fully saturated rings. The first-order chi connectivity index (χ1) is 14.7. The van der Waals surface area contributed by atoms with Gasteiger partial charge in [-0.25, -0.2) is 4.98 Å². The molecule has 7 nitrogen and oxygen atoms in total. The average molecular weight is 423 g/mol. The first-order valence-corrected chi connectivity index (χ1v) is 9.58. The highest BCUT2D eigenvalue weighted by Gasteiger charge is 2.11. The molecule has 152 valence electrons. The van der Waals surface area contributed by atoms with Gasteiger partial charge in [0.2, 0.25) is 0 Å². The van der Waals surface area contributed by atoms with Crippen LogP contribution in [0.25, 0.3) is 11.0 Å².